The lowest BCUT2D eigenvalue weighted by molar-refractivity contribution is 0.0699. The molecule has 0 bridgehead atoms. The lowest BCUT2D eigenvalue weighted by atomic mass is 9.92. The lowest BCUT2D eigenvalue weighted by Gasteiger charge is -2.12. The zero-order chi connectivity index (χ0) is 15.8. The number of aromatic carboxylic acids is 1. The molecular formula is C21H14O2. The summed E-state index contributed by atoms with van der Waals surface area (Å²) < 4.78 is 0. The number of rotatable bonds is 2. The van der Waals surface area contributed by atoms with Crippen molar-refractivity contribution < 1.29 is 9.90 Å². The van der Waals surface area contributed by atoms with E-state index < -0.39 is 5.97 Å². The molecular weight excluding hydrogens is 284 g/mol. The normalized spacial score (nSPS) is 11.0. The summed E-state index contributed by atoms with van der Waals surface area (Å²) >= 11 is 0. The van der Waals surface area contributed by atoms with Gasteiger partial charge in [0.05, 0.1) is 5.56 Å². The molecule has 2 heteroatoms. The Labute approximate surface area is 133 Å². The molecule has 0 aliphatic carbocycles. The highest BCUT2D eigenvalue weighted by molar-refractivity contribution is 6.18. The van der Waals surface area contributed by atoms with Crippen molar-refractivity contribution in [2.24, 2.45) is 0 Å². The van der Waals surface area contributed by atoms with E-state index in [1.807, 2.05) is 66.7 Å². The smallest absolute Gasteiger partial charge is 0.336 e. The van der Waals surface area contributed by atoms with Gasteiger partial charge in [0.25, 0.3) is 0 Å². The Hall–Kier alpha value is -3.13. The van der Waals surface area contributed by atoms with Gasteiger partial charge in [-0.1, -0.05) is 72.8 Å². The molecule has 0 aliphatic heterocycles. The summed E-state index contributed by atoms with van der Waals surface area (Å²) in [6, 6.07) is 25.6. The van der Waals surface area contributed by atoms with Crippen molar-refractivity contribution in [3.8, 4) is 11.1 Å². The molecule has 0 aromatic heterocycles. The SMILES string of the molecule is O=C(O)c1cc2c(-c3ccccc3)cccc2c2ccccc12. The van der Waals surface area contributed by atoms with Crippen molar-refractivity contribution in [2.75, 3.05) is 0 Å². The van der Waals surface area contributed by atoms with Crippen molar-refractivity contribution in [3.63, 3.8) is 0 Å². The molecule has 0 atom stereocenters. The van der Waals surface area contributed by atoms with E-state index in [4.69, 9.17) is 0 Å². The first-order chi connectivity index (χ1) is 11.3. The van der Waals surface area contributed by atoms with E-state index >= 15 is 0 Å². The van der Waals surface area contributed by atoms with Crippen LogP contribution in [-0.2, 0) is 0 Å². The second kappa shape index (κ2) is 5.25. The zero-order valence-corrected chi connectivity index (χ0v) is 12.4. The van der Waals surface area contributed by atoms with E-state index in [2.05, 4.69) is 6.07 Å². The summed E-state index contributed by atoms with van der Waals surface area (Å²) in [6.07, 6.45) is 0. The molecule has 110 valence electrons. The van der Waals surface area contributed by atoms with Crippen LogP contribution in [0.4, 0.5) is 0 Å². The van der Waals surface area contributed by atoms with E-state index in [0.717, 1.165) is 32.7 Å². The van der Waals surface area contributed by atoms with Gasteiger partial charge in [-0.3, -0.25) is 0 Å². The van der Waals surface area contributed by atoms with Gasteiger partial charge in [0, 0.05) is 0 Å². The Morgan fingerprint density at radius 2 is 1.26 bits per heavy atom. The zero-order valence-electron chi connectivity index (χ0n) is 12.4. The van der Waals surface area contributed by atoms with Crippen LogP contribution in [0.15, 0.2) is 78.9 Å². The molecule has 1 N–H and O–H groups in total. The van der Waals surface area contributed by atoms with Gasteiger partial charge < -0.3 is 5.11 Å². The predicted molar refractivity (Wildman–Crippen MR) is 93.8 cm³/mol. The van der Waals surface area contributed by atoms with Gasteiger partial charge in [-0.05, 0) is 38.7 Å². The number of fused-ring (bicyclic) bond motifs is 3. The van der Waals surface area contributed by atoms with Crippen LogP contribution in [0, 0.1) is 0 Å². The summed E-state index contributed by atoms with van der Waals surface area (Å²) in [5, 5.41) is 13.4. The van der Waals surface area contributed by atoms with Gasteiger partial charge in [-0.15, -0.1) is 0 Å². The first kappa shape index (κ1) is 13.5. The number of carboxylic acids is 1. The minimum atomic E-state index is -0.897. The van der Waals surface area contributed by atoms with Crippen molar-refractivity contribution in [1.29, 1.82) is 0 Å². The third-order valence-electron chi connectivity index (χ3n) is 4.22. The number of hydrogen-bond acceptors (Lipinski definition) is 1. The highest BCUT2D eigenvalue weighted by atomic mass is 16.4. The molecule has 0 aliphatic rings. The van der Waals surface area contributed by atoms with Gasteiger partial charge in [-0.25, -0.2) is 4.79 Å². The van der Waals surface area contributed by atoms with E-state index in [1.54, 1.807) is 6.07 Å². The van der Waals surface area contributed by atoms with Crippen LogP contribution in [-0.4, -0.2) is 11.1 Å². The van der Waals surface area contributed by atoms with Gasteiger partial charge in [0.15, 0.2) is 0 Å². The molecule has 2 nitrogen and oxygen atoms in total. The standard InChI is InChI=1S/C21H14O2/c22-21(23)20-13-19-15(14-7-2-1-3-8-14)11-6-12-17(19)16-9-4-5-10-18(16)20/h1-13H,(H,22,23). The highest BCUT2D eigenvalue weighted by Crippen LogP contribution is 2.35. The molecule has 4 aromatic rings. The first-order valence-corrected chi connectivity index (χ1v) is 7.49. The number of carbonyl (C=O) groups is 1. The average molecular weight is 298 g/mol. The molecule has 0 unspecified atom stereocenters. The molecule has 0 radical (unpaired) electrons. The Kier molecular flexibility index (Phi) is 3.09. The van der Waals surface area contributed by atoms with E-state index in [9.17, 15) is 9.90 Å². The lowest BCUT2D eigenvalue weighted by Crippen LogP contribution is -1.98. The van der Waals surface area contributed by atoms with E-state index in [0.29, 0.717) is 5.56 Å². The van der Waals surface area contributed by atoms with E-state index in [1.165, 1.54) is 0 Å². The minimum absolute atomic E-state index is 0.344. The van der Waals surface area contributed by atoms with Crippen molar-refractivity contribution in [2.45, 2.75) is 0 Å². The third-order valence-corrected chi connectivity index (χ3v) is 4.22. The quantitative estimate of drug-likeness (QED) is 0.506. The number of benzene rings is 4. The average Bonchev–Trinajstić information content (AvgIpc) is 2.61. The molecule has 0 amide bonds. The highest BCUT2D eigenvalue weighted by Gasteiger charge is 2.14. The monoisotopic (exact) mass is 298 g/mol. The molecule has 0 saturated carbocycles. The van der Waals surface area contributed by atoms with Crippen LogP contribution in [0.5, 0.6) is 0 Å². The van der Waals surface area contributed by atoms with Crippen molar-refractivity contribution >= 4 is 27.5 Å². The minimum Gasteiger partial charge on any atom is -0.478 e. The molecule has 23 heavy (non-hydrogen) atoms. The molecule has 0 saturated heterocycles. The second-order valence-electron chi connectivity index (χ2n) is 5.54. The third kappa shape index (κ3) is 2.16. The molecule has 0 heterocycles. The molecule has 0 spiro atoms. The van der Waals surface area contributed by atoms with Crippen LogP contribution >= 0.6 is 0 Å². The molecule has 0 fully saturated rings. The van der Waals surface area contributed by atoms with Gasteiger partial charge in [-0.2, -0.15) is 0 Å². The van der Waals surface area contributed by atoms with Crippen molar-refractivity contribution in [1.82, 2.24) is 0 Å². The predicted octanol–water partition coefficient (Wildman–Crippen LogP) is 5.36. The maximum absolute atomic E-state index is 11.7. The fourth-order valence-electron chi connectivity index (χ4n) is 3.18. The van der Waals surface area contributed by atoms with Crippen molar-refractivity contribution in [3.05, 3.63) is 84.4 Å². The molecule has 4 rings (SSSR count). The maximum atomic E-state index is 11.7. The van der Waals surface area contributed by atoms with Crippen LogP contribution < -0.4 is 0 Å². The summed E-state index contributed by atoms with van der Waals surface area (Å²) in [7, 11) is 0. The molecule has 4 aromatic carbocycles. The maximum Gasteiger partial charge on any atom is 0.336 e. The second-order valence-corrected chi connectivity index (χ2v) is 5.54. The number of carboxylic acid groups (broad SMARTS) is 1. The van der Waals surface area contributed by atoms with Crippen LogP contribution in [0.2, 0.25) is 0 Å². The summed E-state index contributed by atoms with van der Waals surface area (Å²) in [6.45, 7) is 0. The first-order valence-electron chi connectivity index (χ1n) is 7.49. The Morgan fingerprint density at radius 3 is 2.00 bits per heavy atom. The summed E-state index contributed by atoms with van der Waals surface area (Å²) in [5.74, 6) is -0.897. The largest absolute Gasteiger partial charge is 0.478 e. The van der Waals surface area contributed by atoms with Gasteiger partial charge in [0.2, 0.25) is 0 Å². The Bertz CT molecular complexity index is 1030. The number of hydrogen-bond donors (Lipinski definition) is 1. The van der Waals surface area contributed by atoms with Gasteiger partial charge in [0.1, 0.15) is 0 Å². The van der Waals surface area contributed by atoms with E-state index in [-0.39, 0.29) is 0 Å². The topological polar surface area (TPSA) is 37.3 Å². The van der Waals surface area contributed by atoms with Crippen LogP contribution in [0.25, 0.3) is 32.7 Å². The fraction of sp³-hybridized carbons (Fsp3) is 0. The summed E-state index contributed by atoms with van der Waals surface area (Å²) in [5.41, 5.74) is 2.48. The summed E-state index contributed by atoms with van der Waals surface area (Å²) in [4.78, 5) is 11.7. The van der Waals surface area contributed by atoms with Crippen LogP contribution in [0.1, 0.15) is 10.4 Å². The Morgan fingerprint density at radius 1 is 0.652 bits per heavy atom. The van der Waals surface area contributed by atoms with Gasteiger partial charge >= 0.3 is 5.97 Å². The fourth-order valence-corrected chi connectivity index (χ4v) is 3.18. The van der Waals surface area contributed by atoms with Crippen LogP contribution in [0.3, 0.4) is 0 Å². The Balaban J connectivity index is 2.18.